The lowest BCUT2D eigenvalue weighted by atomic mass is 10.1. The SMILES string of the molecule is C/C(=N\NS(=O)(=O)c1ccc(C)c([N+](=O)[O-])c1)c1ccc(S(=O)(=O)NCc2ccco2)cc1. The van der Waals surface area contributed by atoms with Crippen LogP contribution in [0, 0.1) is 17.0 Å². The predicted molar refractivity (Wildman–Crippen MR) is 120 cm³/mol. The van der Waals surface area contributed by atoms with Gasteiger partial charge in [0.15, 0.2) is 0 Å². The fourth-order valence-electron chi connectivity index (χ4n) is 2.74. The standard InChI is InChI=1S/C20H20N4O7S2/c1-14-5-8-19(12-20(14)24(25)26)33(29,30)23-22-15(2)16-6-9-18(10-7-16)32(27,28)21-13-17-4-3-11-31-17/h3-12,21,23H,13H2,1-2H3/b22-15+. The van der Waals surface area contributed by atoms with Crippen LogP contribution in [0.3, 0.4) is 0 Å². The Labute approximate surface area is 190 Å². The molecule has 11 nitrogen and oxygen atoms in total. The number of benzene rings is 2. The fourth-order valence-corrected chi connectivity index (χ4v) is 4.61. The molecule has 0 atom stereocenters. The van der Waals surface area contributed by atoms with Gasteiger partial charge in [-0.2, -0.15) is 18.4 Å². The molecule has 0 saturated heterocycles. The molecule has 0 aliphatic rings. The maximum atomic E-state index is 12.5. The molecule has 3 rings (SSSR count). The minimum Gasteiger partial charge on any atom is -0.468 e. The van der Waals surface area contributed by atoms with Gasteiger partial charge < -0.3 is 4.42 Å². The number of hydrogen-bond acceptors (Lipinski definition) is 8. The highest BCUT2D eigenvalue weighted by Crippen LogP contribution is 2.22. The Morgan fingerprint density at radius 3 is 2.30 bits per heavy atom. The van der Waals surface area contributed by atoms with Gasteiger partial charge in [0.1, 0.15) is 5.76 Å². The van der Waals surface area contributed by atoms with Gasteiger partial charge in [-0.1, -0.05) is 18.2 Å². The zero-order valence-corrected chi connectivity index (χ0v) is 19.2. The molecule has 174 valence electrons. The molecular formula is C20H20N4O7S2. The number of hydrazone groups is 1. The summed E-state index contributed by atoms with van der Waals surface area (Å²) in [6, 6.07) is 12.5. The number of furan rings is 1. The first kappa shape index (κ1) is 24.1. The summed E-state index contributed by atoms with van der Waals surface area (Å²) < 4.78 is 57.3. The largest absolute Gasteiger partial charge is 0.468 e. The van der Waals surface area contributed by atoms with Crippen LogP contribution in [-0.2, 0) is 26.6 Å². The molecule has 0 spiro atoms. The van der Waals surface area contributed by atoms with Gasteiger partial charge in [-0.25, -0.2) is 13.1 Å². The lowest BCUT2D eigenvalue weighted by Gasteiger charge is -2.08. The van der Waals surface area contributed by atoms with Crippen LogP contribution >= 0.6 is 0 Å². The van der Waals surface area contributed by atoms with Gasteiger partial charge >= 0.3 is 0 Å². The van der Waals surface area contributed by atoms with Crippen molar-refractivity contribution in [3.63, 3.8) is 0 Å². The second kappa shape index (κ2) is 9.52. The molecule has 0 amide bonds. The molecule has 0 unspecified atom stereocenters. The summed E-state index contributed by atoms with van der Waals surface area (Å²) in [5, 5.41) is 14.9. The van der Waals surface area contributed by atoms with Gasteiger partial charge in [-0.3, -0.25) is 10.1 Å². The van der Waals surface area contributed by atoms with Crippen molar-refractivity contribution in [3.8, 4) is 0 Å². The van der Waals surface area contributed by atoms with Crippen LogP contribution in [0.5, 0.6) is 0 Å². The molecule has 33 heavy (non-hydrogen) atoms. The Hall–Kier alpha value is -3.55. The second-order valence-electron chi connectivity index (χ2n) is 6.93. The third kappa shape index (κ3) is 5.83. The van der Waals surface area contributed by atoms with Gasteiger partial charge in [-0.15, -0.1) is 0 Å². The van der Waals surface area contributed by atoms with Crippen LogP contribution in [0.1, 0.15) is 23.8 Å². The molecule has 0 bridgehead atoms. The van der Waals surface area contributed by atoms with Crippen molar-refractivity contribution in [2.24, 2.45) is 5.10 Å². The number of nitrogens with one attached hydrogen (secondary N) is 2. The third-order valence-corrected chi connectivity index (χ3v) is 7.24. The Morgan fingerprint density at radius 1 is 1.03 bits per heavy atom. The monoisotopic (exact) mass is 492 g/mol. The molecule has 0 radical (unpaired) electrons. The van der Waals surface area contributed by atoms with E-state index in [-0.39, 0.29) is 27.7 Å². The summed E-state index contributed by atoms with van der Waals surface area (Å²) in [4.78, 5) is 12.1. The minimum absolute atomic E-state index is 0.00345. The summed E-state index contributed by atoms with van der Waals surface area (Å²) in [5.74, 6) is 0.462. The van der Waals surface area contributed by atoms with Gasteiger partial charge in [0, 0.05) is 11.6 Å². The minimum atomic E-state index is -4.15. The maximum absolute atomic E-state index is 12.5. The van der Waals surface area contributed by atoms with E-state index in [9.17, 15) is 26.9 Å². The molecule has 0 fully saturated rings. The average molecular weight is 493 g/mol. The van der Waals surface area contributed by atoms with E-state index in [0.717, 1.165) is 6.07 Å². The summed E-state index contributed by atoms with van der Waals surface area (Å²) in [6.45, 7) is 3.02. The first-order valence-corrected chi connectivity index (χ1v) is 12.4. The van der Waals surface area contributed by atoms with Crippen LogP contribution in [0.25, 0.3) is 0 Å². The van der Waals surface area contributed by atoms with E-state index in [4.69, 9.17) is 4.42 Å². The molecule has 1 heterocycles. The van der Waals surface area contributed by atoms with Crippen LogP contribution in [0.15, 0.2) is 80.2 Å². The molecule has 2 aromatic carbocycles. The first-order chi connectivity index (χ1) is 15.5. The number of hydrogen-bond donors (Lipinski definition) is 2. The smallest absolute Gasteiger partial charge is 0.276 e. The van der Waals surface area contributed by atoms with Crippen molar-refractivity contribution in [2.45, 2.75) is 30.2 Å². The lowest BCUT2D eigenvalue weighted by Crippen LogP contribution is -2.23. The second-order valence-corrected chi connectivity index (χ2v) is 10.4. The number of rotatable bonds is 9. The molecule has 0 aliphatic heterocycles. The zero-order valence-electron chi connectivity index (χ0n) is 17.5. The summed E-state index contributed by atoms with van der Waals surface area (Å²) >= 11 is 0. The van der Waals surface area contributed by atoms with Gasteiger partial charge in [0.05, 0.1) is 33.2 Å². The third-order valence-electron chi connectivity index (χ3n) is 4.62. The molecule has 0 saturated carbocycles. The molecule has 3 aromatic rings. The van der Waals surface area contributed by atoms with Gasteiger partial charge in [-0.05, 0) is 49.7 Å². The van der Waals surface area contributed by atoms with Crippen molar-refractivity contribution in [3.05, 3.63) is 87.9 Å². The fraction of sp³-hybridized carbons (Fsp3) is 0.150. The maximum Gasteiger partial charge on any atom is 0.276 e. The quantitative estimate of drug-likeness (QED) is 0.264. The Balaban J connectivity index is 1.73. The van der Waals surface area contributed by atoms with E-state index in [1.807, 2.05) is 4.83 Å². The van der Waals surface area contributed by atoms with Crippen molar-refractivity contribution in [2.75, 3.05) is 0 Å². The number of sulfonamides is 2. The molecule has 2 N–H and O–H groups in total. The van der Waals surface area contributed by atoms with E-state index in [0.29, 0.717) is 16.9 Å². The van der Waals surface area contributed by atoms with E-state index in [1.54, 1.807) is 12.1 Å². The van der Waals surface area contributed by atoms with E-state index in [2.05, 4.69) is 9.82 Å². The van der Waals surface area contributed by atoms with Crippen molar-refractivity contribution >= 4 is 31.4 Å². The Kier molecular flexibility index (Phi) is 6.95. The van der Waals surface area contributed by atoms with E-state index >= 15 is 0 Å². The molecular weight excluding hydrogens is 472 g/mol. The van der Waals surface area contributed by atoms with Crippen molar-refractivity contribution in [1.29, 1.82) is 0 Å². The molecule has 13 heteroatoms. The van der Waals surface area contributed by atoms with Gasteiger partial charge in [0.25, 0.3) is 15.7 Å². The van der Waals surface area contributed by atoms with Crippen LogP contribution < -0.4 is 9.55 Å². The van der Waals surface area contributed by atoms with Crippen LogP contribution in [0.4, 0.5) is 5.69 Å². The predicted octanol–water partition coefficient (Wildman–Crippen LogP) is 2.68. The number of nitro groups is 1. The normalized spacial score (nSPS) is 12.5. The average Bonchev–Trinajstić information content (AvgIpc) is 3.30. The topological polar surface area (TPSA) is 161 Å². The number of nitro benzene ring substituents is 1. The van der Waals surface area contributed by atoms with Crippen LogP contribution in [0.2, 0.25) is 0 Å². The first-order valence-electron chi connectivity index (χ1n) is 9.43. The summed E-state index contributed by atoms with van der Waals surface area (Å²) in [6.07, 6.45) is 1.44. The van der Waals surface area contributed by atoms with Crippen molar-refractivity contribution in [1.82, 2.24) is 9.55 Å². The highest BCUT2D eigenvalue weighted by Gasteiger charge is 2.20. The van der Waals surface area contributed by atoms with E-state index in [1.165, 1.54) is 56.5 Å². The molecule has 1 aromatic heterocycles. The highest BCUT2D eigenvalue weighted by molar-refractivity contribution is 7.89. The Bertz CT molecular complexity index is 1400. The number of nitrogens with zero attached hydrogens (tertiary/aromatic N) is 2. The van der Waals surface area contributed by atoms with Gasteiger partial charge in [0.2, 0.25) is 10.0 Å². The van der Waals surface area contributed by atoms with Crippen molar-refractivity contribution < 1.29 is 26.2 Å². The van der Waals surface area contributed by atoms with Crippen LogP contribution in [-0.4, -0.2) is 27.5 Å². The summed E-state index contributed by atoms with van der Waals surface area (Å²) in [5.41, 5.74) is 0.730. The van der Waals surface area contributed by atoms with E-state index < -0.39 is 25.0 Å². The Morgan fingerprint density at radius 2 is 1.70 bits per heavy atom. The summed E-state index contributed by atoms with van der Waals surface area (Å²) in [7, 11) is -7.93. The lowest BCUT2D eigenvalue weighted by molar-refractivity contribution is -0.385. The molecule has 0 aliphatic carbocycles. The highest BCUT2D eigenvalue weighted by atomic mass is 32.2. The zero-order chi connectivity index (χ0) is 24.2. The number of aryl methyl sites for hydroxylation is 1.